The number of halogens is 2. The number of fused-ring (bicyclic) bond motifs is 3. The highest BCUT2D eigenvalue weighted by Gasteiger charge is 2.56. The zero-order chi connectivity index (χ0) is 29.8. The van der Waals surface area contributed by atoms with Crippen LogP contribution in [0.2, 0.25) is 0 Å². The minimum Gasteiger partial charge on any atom is -0.483 e. The van der Waals surface area contributed by atoms with Gasteiger partial charge in [-0.25, -0.2) is 18.8 Å². The maximum absolute atomic E-state index is 14.1. The summed E-state index contributed by atoms with van der Waals surface area (Å²) in [4.78, 5) is 25.5. The molecule has 3 aliphatic carbocycles. The minimum absolute atomic E-state index is 0.106. The monoisotopic (exact) mass is 578 g/mol. The molecule has 1 saturated heterocycles. The molecular weight excluding hydrogens is 538 g/mol. The second kappa shape index (κ2) is 10.9. The Hall–Kier alpha value is -3.53. The third-order valence-electron chi connectivity index (χ3n) is 9.95. The highest BCUT2D eigenvalue weighted by atomic mass is 19.1. The van der Waals surface area contributed by atoms with Crippen molar-refractivity contribution in [3.05, 3.63) is 64.2 Å². The summed E-state index contributed by atoms with van der Waals surface area (Å²) in [6.07, 6.45) is 2.41. The smallest absolute Gasteiger partial charge is 0.261 e. The topological polar surface area (TPSA) is 83.8 Å². The Kier molecular flexibility index (Phi) is 7.45. The van der Waals surface area contributed by atoms with E-state index in [1.165, 1.54) is 17.1 Å². The molecule has 0 amide bonds. The second-order valence-corrected chi connectivity index (χ2v) is 12.9. The predicted molar refractivity (Wildman–Crippen MR) is 161 cm³/mol. The van der Waals surface area contributed by atoms with Crippen LogP contribution in [0.3, 0.4) is 0 Å². The molecule has 2 heterocycles. The van der Waals surface area contributed by atoms with Crippen LogP contribution in [-0.2, 0) is 13.7 Å². The van der Waals surface area contributed by atoms with Crippen LogP contribution in [0.1, 0.15) is 46.4 Å². The number of benzene rings is 2. The summed E-state index contributed by atoms with van der Waals surface area (Å²) in [7, 11) is 1.61. The van der Waals surface area contributed by atoms with Gasteiger partial charge in [0.25, 0.3) is 5.56 Å². The number of anilines is 1. The lowest BCUT2D eigenvalue weighted by molar-refractivity contribution is -0.108. The van der Waals surface area contributed by atoms with Crippen molar-refractivity contribution in [1.29, 1.82) is 0 Å². The van der Waals surface area contributed by atoms with Crippen molar-refractivity contribution in [1.82, 2.24) is 19.8 Å². The molecule has 1 aromatic heterocycles. The average molecular weight is 579 g/mol. The van der Waals surface area contributed by atoms with Gasteiger partial charge >= 0.3 is 0 Å². The zero-order valence-corrected chi connectivity index (χ0v) is 25.0. The Bertz CT molecular complexity index is 1590. The van der Waals surface area contributed by atoms with Crippen LogP contribution >= 0.6 is 0 Å². The lowest BCUT2D eigenvalue weighted by Crippen LogP contribution is -2.57. The lowest BCUT2D eigenvalue weighted by atomic mass is 9.45. The standard InChI is InChI=1S/C32H40F2N6O2/c1-18-16-40(11-10-35-18)31(38-26-13-20-12-24(19(26)2)32(20,3)4)36-22-7-8-23-27(15-22)37-29(39(5)30(23)41)17-42-28-9-6-21(33)14-25(28)34/h6-9,14-15,18-20,24,26,35H,10-13,16-17H2,1-5H3,(H,36,38)/t18-,19+,20?,24+,26?/m1/s1. The molecule has 2 bridgehead atoms. The molecule has 42 heavy (non-hydrogen) atoms. The Morgan fingerprint density at radius 1 is 1.19 bits per heavy atom. The van der Waals surface area contributed by atoms with Gasteiger partial charge in [-0.05, 0) is 73.3 Å². The molecule has 4 fully saturated rings. The number of ether oxygens (including phenoxy) is 1. The van der Waals surface area contributed by atoms with Gasteiger partial charge in [0, 0.05) is 44.5 Å². The number of aromatic nitrogens is 2. The zero-order valence-electron chi connectivity index (χ0n) is 25.0. The third-order valence-corrected chi connectivity index (χ3v) is 9.95. The highest BCUT2D eigenvalue weighted by Crippen LogP contribution is 2.61. The van der Waals surface area contributed by atoms with E-state index in [1.54, 1.807) is 13.1 Å². The molecular formula is C32H40F2N6O2. The molecule has 7 rings (SSSR count). The van der Waals surface area contributed by atoms with Gasteiger partial charge < -0.3 is 20.3 Å². The maximum atomic E-state index is 14.1. The van der Waals surface area contributed by atoms with Crippen molar-refractivity contribution in [2.75, 3.05) is 25.0 Å². The van der Waals surface area contributed by atoms with Crippen LogP contribution < -0.4 is 20.9 Å². The van der Waals surface area contributed by atoms with E-state index in [1.807, 2.05) is 12.1 Å². The molecule has 3 saturated carbocycles. The van der Waals surface area contributed by atoms with Crippen LogP contribution in [0.15, 0.2) is 46.2 Å². The molecule has 3 aromatic rings. The van der Waals surface area contributed by atoms with Crippen LogP contribution in [0.25, 0.3) is 10.9 Å². The van der Waals surface area contributed by atoms with Gasteiger partial charge in [-0.1, -0.05) is 20.8 Å². The van der Waals surface area contributed by atoms with E-state index in [0.717, 1.165) is 49.8 Å². The fraction of sp³-hybridized carbons (Fsp3) is 0.531. The summed E-state index contributed by atoms with van der Waals surface area (Å²) >= 11 is 0. The number of nitrogens with zero attached hydrogens (tertiary/aromatic N) is 4. The third kappa shape index (κ3) is 5.25. The normalized spacial score (nSPS) is 27.1. The van der Waals surface area contributed by atoms with Gasteiger partial charge in [0.2, 0.25) is 0 Å². The molecule has 8 nitrogen and oxygen atoms in total. The number of nitrogens with one attached hydrogen (secondary N) is 2. The fourth-order valence-electron chi connectivity index (χ4n) is 7.16. The Labute approximate surface area is 245 Å². The van der Waals surface area contributed by atoms with Gasteiger partial charge in [-0.15, -0.1) is 0 Å². The largest absolute Gasteiger partial charge is 0.483 e. The summed E-state index contributed by atoms with van der Waals surface area (Å²) in [6.45, 7) is 11.8. The molecule has 10 heteroatoms. The van der Waals surface area contributed by atoms with Crippen molar-refractivity contribution < 1.29 is 13.5 Å². The SMILES string of the molecule is C[C@@H]1CN(C(=NC2CC3C[C@@H]([C@@H]2C)C3(C)C)Nc2ccc3c(=O)n(C)c(COc4ccc(F)cc4F)nc3c2)CCN1. The molecule has 0 spiro atoms. The first-order valence-corrected chi connectivity index (χ1v) is 14.9. The van der Waals surface area contributed by atoms with Crippen LogP contribution in [0, 0.1) is 34.8 Å². The molecule has 224 valence electrons. The first kappa shape index (κ1) is 28.6. The van der Waals surface area contributed by atoms with Gasteiger partial charge in [-0.2, -0.15) is 0 Å². The number of rotatable bonds is 5. The van der Waals surface area contributed by atoms with E-state index < -0.39 is 11.6 Å². The molecule has 2 unspecified atom stereocenters. The van der Waals surface area contributed by atoms with E-state index in [4.69, 9.17) is 9.73 Å². The van der Waals surface area contributed by atoms with E-state index >= 15 is 0 Å². The maximum Gasteiger partial charge on any atom is 0.261 e. The van der Waals surface area contributed by atoms with E-state index in [-0.39, 0.29) is 24.0 Å². The van der Waals surface area contributed by atoms with E-state index in [2.05, 4.69) is 48.2 Å². The van der Waals surface area contributed by atoms with Crippen molar-refractivity contribution in [2.24, 2.45) is 35.2 Å². The Morgan fingerprint density at radius 2 is 2.00 bits per heavy atom. The molecule has 4 aliphatic rings. The minimum atomic E-state index is -0.811. The molecule has 5 atom stereocenters. The first-order valence-electron chi connectivity index (χ1n) is 14.9. The Morgan fingerprint density at radius 3 is 2.71 bits per heavy atom. The van der Waals surface area contributed by atoms with E-state index in [9.17, 15) is 13.6 Å². The lowest BCUT2D eigenvalue weighted by Gasteiger charge is -2.61. The number of hydrogen-bond acceptors (Lipinski definition) is 5. The number of hydrogen-bond donors (Lipinski definition) is 2. The molecule has 2 aromatic carbocycles. The average Bonchev–Trinajstić information content (AvgIpc) is 2.95. The molecule has 1 aliphatic heterocycles. The molecule has 0 radical (unpaired) electrons. The van der Waals surface area contributed by atoms with Gasteiger partial charge in [0.1, 0.15) is 18.2 Å². The van der Waals surface area contributed by atoms with Crippen molar-refractivity contribution in [3.63, 3.8) is 0 Å². The summed E-state index contributed by atoms with van der Waals surface area (Å²) in [5.41, 5.74) is 1.46. The summed E-state index contributed by atoms with van der Waals surface area (Å²) in [5, 5.41) is 7.57. The number of guanidine groups is 1. The van der Waals surface area contributed by atoms with E-state index in [0.29, 0.717) is 45.9 Å². The van der Waals surface area contributed by atoms with Crippen LogP contribution in [-0.4, -0.2) is 52.1 Å². The van der Waals surface area contributed by atoms with Crippen molar-refractivity contribution >= 4 is 22.5 Å². The van der Waals surface area contributed by atoms with Gasteiger partial charge in [-0.3, -0.25) is 9.36 Å². The quantitative estimate of drug-likeness (QED) is 0.330. The first-order chi connectivity index (χ1) is 20.0. The Balaban J connectivity index is 1.29. The predicted octanol–water partition coefficient (Wildman–Crippen LogP) is 4.92. The number of piperazine rings is 1. The second-order valence-electron chi connectivity index (χ2n) is 12.9. The molecule has 2 N–H and O–H groups in total. The number of aliphatic imine (C=N–C) groups is 1. The van der Waals surface area contributed by atoms with Crippen molar-refractivity contribution in [3.8, 4) is 5.75 Å². The summed E-state index contributed by atoms with van der Waals surface area (Å²) < 4.78 is 34.4. The summed E-state index contributed by atoms with van der Waals surface area (Å²) in [5.74, 6) is 1.50. The highest BCUT2D eigenvalue weighted by molar-refractivity contribution is 5.96. The van der Waals surface area contributed by atoms with Crippen LogP contribution in [0.5, 0.6) is 5.75 Å². The fourth-order valence-corrected chi connectivity index (χ4v) is 7.16. The van der Waals surface area contributed by atoms with Crippen LogP contribution in [0.4, 0.5) is 14.5 Å². The van der Waals surface area contributed by atoms with Crippen molar-refractivity contribution in [2.45, 2.75) is 59.2 Å². The summed E-state index contributed by atoms with van der Waals surface area (Å²) in [6, 6.07) is 9.23. The van der Waals surface area contributed by atoms with Gasteiger partial charge in [0.15, 0.2) is 17.5 Å². The van der Waals surface area contributed by atoms with Gasteiger partial charge in [0.05, 0.1) is 16.9 Å².